The number of fused-ring (bicyclic) bond motifs is 3. The van der Waals surface area contributed by atoms with E-state index in [2.05, 4.69) is 48.6 Å². The molecule has 0 aromatic rings. The summed E-state index contributed by atoms with van der Waals surface area (Å²) in [5, 5.41) is 0. The van der Waals surface area contributed by atoms with Gasteiger partial charge < -0.3 is 4.74 Å². The average molecular weight is 398 g/mol. The number of hydrogen-bond donors (Lipinski definition) is 0. The Morgan fingerprint density at radius 2 is 2.38 bits per heavy atom. The molecule has 1 heterocycles. The van der Waals surface area contributed by atoms with Crippen LogP contribution >= 0.6 is 22.6 Å². The lowest BCUT2D eigenvalue weighted by Gasteiger charge is -2.24. The Bertz CT molecular complexity index is 545. The lowest BCUT2D eigenvalue weighted by Crippen LogP contribution is -2.24. The largest absolute Gasteiger partial charge is 0.461 e. The molecule has 6 atom stereocenters. The minimum Gasteiger partial charge on any atom is -0.461 e. The Hall–Kier alpha value is -0.320. The first-order valence-electron chi connectivity index (χ1n) is 8.24. The van der Waals surface area contributed by atoms with E-state index >= 15 is 0 Å². The molecule has 3 heteroatoms. The summed E-state index contributed by atoms with van der Waals surface area (Å²) in [6.45, 7) is 4.52. The third kappa shape index (κ3) is 2.06. The number of rotatable bonds is 2. The second-order valence-corrected chi connectivity index (χ2v) is 9.27. The SMILES string of the molecule is C/C(I)=C/C[C@H]1C(=O)O[C@H]2C3C4C(=CCC[C@@]43C)CC[C@H]12. The summed E-state index contributed by atoms with van der Waals surface area (Å²) in [6, 6.07) is 0. The van der Waals surface area contributed by atoms with E-state index in [9.17, 15) is 4.79 Å². The van der Waals surface area contributed by atoms with Crippen molar-refractivity contribution in [2.75, 3.05) is 0 Å². The van der Waals surface area contributed by atoms with Crippen LogP contribution in [0.3, 0.4) is 0 Å². The average Bonchev–Trinajstić information content (AvgIpc) is 2.99. The van der Waals surface area contributed by atoms with E-state index in [0.717, 1.165) is 18.8 Å². The van der Waals surface area contributed by atoms with Gasteiger partial charge in [-0.1, -0.05) is 24.6 Å². The highest BCUT2D eigenvalue weighted by Crippen LogP contribution is 2.72. The smallest absolute Gasteiger partial charge is 0.309 e. The highest BCUT2D eigenvalue weighted by Gasteiger charge is 2.70. The van der Waals surface area contributed by atoms with E-state index in [4.69, 9.17) is 4.74 Å². The number of hydrogen-bond acceptors (Lipinski definition) is 2. The molecule has 0 radical (unpaired) electrons. The van der Waals surface area contributed by atoms with Crippen molar-refractivity contribution in [3.05, 3.63) is 21.3 Å². The van der Waals surface area contributed by atoms with Crippen LogP contribution < -0.4 is 0 Å². The molecule has 0 aromatic carbocycles. The molecule has 2 nitrogen and oxygen atoms in total. The summed E-state index contributed by atoms with van der Waals surface area (Å²) in [6.07, 6.45) is 10.6. The first kappa shape index (κ1) is 14.3. The second kappa shape index (κ2) is 4.84. The van der Waals surface area contributed by atoms with Crippen molar-refractivity contribution in [3.63, 3.8) is 0 Å². The highest BCUT2D eigenvalue weighted by atomic mass is 127. The molecular weight excluding hydrogens is 375 g/mol. The molecule has 0 N–H and O–H groups in total. The van der Waals surface area contributed by atoms with Gasteiger partial charge in [0.15, 0.2) is 0 Å². The zero-order valence-corrected chi connectivity index (χ0v) is 14.9. The number of carbonyl (C=O) groups is 1. The number of carbonyl (C=O) groups excluding carboxylic acids is 1. The van der Waals surface area contributed by atoms with Crippen molar-refractivity contribution >= 4 is 28.6 Å². The van der Waals surface area contributed by atoms with Gasteiger partial charge in [-0.25, -0.2) is 0 Å². The zero-order valence-electron chi connectivity index (χ0n) is 12.8. The monoisotopic (exact) mass is 398 g/mol. The molecular formula is C18H23IO2. The van der Waals surface area contributed by atoms with Crippen LogP contribution in [-0.2, 0) is 9.53 Å². The molecule has 3 aliphatic carbocycles. The molecule has 0 spiro atoms. The Labute approximate surface area is 140 Å². The molecule has 2 saturated carbocycles. The molecule has 4 rings (SSSR count). The van der Waals surface area contributed by atoms with Crippen LogP contribution in [0, 0.1) is 29.1 Å². The minimum absolute atomic E-state index is 0.0681. The maximum absolute atomic E-state index is 12.4. The van der Waals surface area contributed by atoms with E-state index in [1.807, 2.05) is 0 Å². The zero-order chi connectivity index (χ0) is 14.8. The molecule has 21 heavy (non-hydrogen) atoms. The van der Waals surface area contributed by atoms with E-state index < -0.39 is 0 Å². The van der Waals surface area contributed by atoms with Crippen LogP contribution in [0.15, 0.2) is 21.3 Å². The van der Waals surface area contributed by atoms with Gasteiger partial charge in [-0.3, -0.25) is 4.79 Å². The number of allylic oxidation sites excluding steroid dienone is 4. The van der Waals surface area contributed by atoms with Crippen molar-refractivity contribution in [2.24, 2.45) is 29.1 Å². The summed E-state index contributed by atoms with van der Waals surface area (Å²) in [5.41, 5.74) is 2.11. The van der Waals surface area contributed by atoms with Gasteiger partial charge >= 0.3 is 5.97 Å². The number of halogens is 1. The molecule has 0 bridgehead atoms. The lowest BCUT2D eigenvalue weighted by molar-refractivity contribution is -0.145. The number of ether oxygens (including phenoxy) is 1. The van der Waals surface area contributed by atoms with E-state index in [1.165, 1.54) is 22.8 Å². The Balaban J connectivity index is 1.62. The van der Waals surface area contributed by atoms with Gasteiger partial charge in [0.05, 0.1) is 5.92 Å². The first-order valence-corrected chi connectivity index (χ1v) is 9.32. The molecule has 0 amide bonds. The van der Waals surface area contributed by atoms with Gasteiger partial charge in [-0.15, -0.1) is 0 Å². The summed E-state index contributed by atoms with van der Waals surface area (Å²) in [5.74, 6) is 1.94. The molecule has 2 unspecified atom stereocenters. The van der Waals surface area contributed by atoms with E-state index in [1.54, 1.807) is 5.57 Å². The summed E-state index contributed by atoms with van der Waals surface area (Å²) >= 11 is 2.33. The maximum Gasteiger partial charge on any atom is 0.309 e. The van der Waals surface area contributed by atoms with Gasteiger partial charge in [-0.2, -0.15) is 0 Å². The molecule has 4 aliphatic rings. The van der Waals surface area contributed by atoms with Crippen molar-refractivity contribution in [3.8, 4) is 0 Å². The third-order valence-electron chi connectivity index (χ3n) is 6.48. The summed E-state index contributed by atoms with van der Waals surface area (Å²) in [4.78, 5) is 12.4. The van der Waals surface area contributed by atoms with Gasteiger partial charge in [0.1, 0.15) is 6.10 Å². The predicted octanol–water partition coefficient (Wildman–Crippen LogP) is 4.64. The van der Waals surface area contributed by atoms with Crippen LogP contribution in [0.25, 0.3) is 0 Å². The van der Waals surface area contributed by atoms with Gasteiger partial charge in [0.2, 0.25) is 0 Å². The molecule has 1 aliphatic heterocycles. The Morgan fingerprint density at radius 1 is 1.57 bits per heavy atom. The van der Waals surface area contributed by atoms with Crippen LogP contribution in [0.4, 0.5) is 0 Å². The molecule has 0 aromatic heterocycles. The molecule has 114 valence electrons. The standard InChI is InChI=1S/C18H23IO2/c1-10(19)5-7-13-12-8-6-11-4-3-9-18(2)14(11)15(18)16(12)21-17(13)20/h4-5,12-16H,3,6-9H2,1-2H3/b10-5-/t12-,13-,14?,15?,16-,18+/m1/s1. The van der Waals surface area contributed by atoms with Gasteiger partial charge in [-0.05, 0) is 76.5 Å². The summed E-state index contributed by atoms with van der Waals surface area (Å²) in [7, 11) is 0. The normalized spacial score (nSPS) is 48.0. The van der Waals surface area contributed by atoms with Crippen LogP contribution in [-0.4, -0.2) is 12.1 Å². The molecule has 1 saturated heterocycles. The van der Waals surface area contributed by atoms with Crippen LogP contribution in [0.2, 0.25) is 0 Å². The predicted molar refractivity (Wildman–Crippen MR) is 90.9 cm³/mol. The molecule has 3 fully saturated rings. The fourth-order valence-electron chi connectivity index (χ4n) is 5.41. The quantitative estimate of drug-likeness (QED) is 0.385. The van der Waals surface area contributed by atoms with E-state index in [-0.39, 0.29) is 18.0 Å². The number of esters is 1. The lowest BCUT2D eigenvalue weighted by atomic mass is 9.79. The van der Waals surface area contributed by atoms with Crippen molar-refractivity contribution < 1.29 is 9.53 Å². The third-order valence-corrected chi connectivity index (χ3v) is 6.92. The highest BCUT2D eigenvalue weighted by molar-refractivity contribution is 14.1. The van der Waals surface area contributed by atoms with Crippen molar-refractivity contribution in [2.45, 2.75) is 52.1 Å². The first-order chi connectivity index (χ1) is 10.0. The van der Waals surface area contributed by atoms with Gasteiger partial charge in [0.25, 0.3) is 0 Å². The Morgan fingerprint density at radius 3 is 3.14 bits per heavy atom. The van der Waals surface area contributed by atoms with Gasteiger partial charge in [0, 0.05) is 11.8 Å². The van der Waals surface area contributed by atoms with Crippen molar-refractivity contribution in [1.82, 2.24) is 0 Å². The van der Waals surface area contributed by atoms with Crippen LogP contribution in [0.1, 0.15) is 46.0 Å². The second-order valence-electron chi connectivity index (χ2n) is 7.56. The van der Waals surface area contributed by atoms with Crippen molar-refractivity contribution in [1.29, 1.82) is 0 Å². The topological polar surface area (TPSA) is 26.3 Å². The fourth-order valence-corrected chi connectivity index (χ4v) is 5.66. The fraction of sp³-hybridized carbons (Fsp3) is 0.722. The Kier molecular flexibility index (Phi) is 3.29. The maximum atomic E-state index is 12.4. The van der Waals surface area contributed by atoms with Crippen LogP contribution in [0.5, 0.6) is 0 Å². The summed E-state index contributed by atoms with van der Waals surface area (Å²) < 4.78 is 7.19. The van der Waals surface area contributed by atoms with E-state index in [0.29, 0.717) is 17.3 Å². The minimum atomic E-state index is 0.0681.